The summed E-state index contributed by atoms with van der Waals surface area (Å²) in [5, 5.41) is 3.78. The smallest absolute Gasteiger partial charge is 0.237 e. The van der Waals surface area contributed by atoms with Crippen molar-refractivity contribution in [3.05, 3.63) is 46.2 Å². The monoisotopic (exact) mass is 339 g/mol. The van der Waals surface area contributed by atoms with Gasteiger partial charge in [0.25, 0.3) is 0 Å². The summed E-state index contributed by atoms with van der Waals surface area (Å²) >= 11 is 0. The summed E-state index contributed by atoms with van der Waals surface area (Å²) in [5.74, 6) is 0.144. The molecule has 1 aromatic heterocycles. The van der Waals surface area contributed by atoms with Crippen molar-refractivity contribution in [1.29, 1.82) is 0 Å². The van der Waals surface area contributed by atoms with Gasteiger partial charge in [0.15, 0.2) is 5.43 Å². The van der Waals surface area contributed by atoms with E-state index >= 15 is 0 Å². The second-order valence-electron chi connectivity index (χ2n) is 7.27. The van der Waals surface area contributed by atoms with E-state index in [0.29, 0.717) is 18.0 Å². The number of aromatic amines is 1. The lowest BCUT2D eigenvalue weighted by atomic mass is 10.1. The maximum atomic E-state index is 12.7. The Hall–Kier alpha value is -2.14. The van der Waals surface area contributed by atoms with Crippen LogP contribution in [-0.2, 0) is 11.3 Å². The molecule has 1 unspecified atom stereocenters. The Bertz CT molecular complexity index is 823. The third-order valence-electron chi connectivity index (χ3n) is 5.68. The first-order chi connectivity index (χ1) is 12.2. The largest absolute Gasteiger partial charge is 0.361 e. The molecule has 2 heterocycles. The Morgan fingerprint density at radius 2 is 2.00 bits per heavy atom. The lowest BCUT2D eigenvalue weighted by Crippen LogP contribution is -2.46. The van der Waals surface area contributed by atoms with Gasteiger partial charge in [0, 0.05) is 35.8 Å². The molecule has 5 nitrogen and oxygen atoms in total. The molecular formula is C20H25N3O2. The number of aromatic nitrogens is 1. The third-order valence-corrected chi connectivity index (χ3v) is 5.68. The van der Waals surface area contributed by atoms with Gasteiger partial charge in [0.2, 0.25) is 5.91 Å². The van der Waals surface area contributed by atoms with Crippen molar-refractivity contribution < 1.29 is 4.79 Å². The van der Waals surface area contributed by atoms with Crippen LogP contribution in [-0.4, -0.2) is 34.4 Å². The summed E-state index contributed by atoms with van der Waals surface area (Å²) in [5.41, 5.74) is 1.84. The Morgan fingerprint density at radius 3 is 2.84 bits per heavy atom. The molecule has 25 heavy (non-hydrogen) atoms. The van der Waals surface area contributed by atoms with Gasteiger partial charge in [-0.15, -0.1) is 0 Å². The molecule has 5 heteroatoms. The summed E-state index contributed by atoms with van der Waals surface area (Å²) in [4.78, 5) is 30.0. The van der Waals surface area contributed by atoms with Gasteiger partial charge in [-0.25, -0.2) is 0 Å². The normalized spacial score (nSPS) is 21.8. The number of benzene rings is 1. The van der Waals surface area contributed by atoms with E-state index in [1.807, 2.05) is 18.2 Å². The number of carbonyl (C=O) groups is 1. The number of likely N-dealkylation sites (tertiary alicyclic amines) is 1. The molecule has 2 fully saturated rings. The minimum absolute atomic E-state index is 0.0162. The molecular weight excluding hydrogens is 314 g/mol. The zero-order chi connectivity index (χ0) is 17.2. The van der Waals surface area contributed by atoms with Crippen molar-refractivity contribution in [2.75, 3.05) is 6.54 Å². The summed E-state index contributed by atoms with van der Waals surface area (Å²) in [6.45, 7) is 1.56. The minimum Gasteiger partial charge on any atom is -0.361 e. The van der Waals surface area contributed by atoms with E-state index in [1.54, 1.807) is 6.20 Å². The predicted molar refractivity (Wildman–Crippen MR) is 98.4 cm³/mol. The maximum absolute atomic E-state index is 12.7. The zero-order valence-corrected chi connectivity index (χ0v) is 14.5. The molecule has 1 aliphatic carbocycles. The van der Waals surface area contributed by atoms with Gasteiger partial charge in [-0.3, -0.25) is 14.5 Å². The van der Waals surface area contributed by atoms with Gasteiger partial charge >= 0.3 is 0 Å². The highest BCUT2D eigenvalue weighted by Crippen LogP contribution is 2.30. The molecule has 2 aliphatic rings. The van der Waals surface area contributed by atoms with E-state index in [-0.39, 0.29) is 17.4 Å². The van der Waals surface area contributed by atoms with E-state index in [0.717, 1.165) is 30.5 Å². The molecule has 0 radical (unpaired) electrons. The number of hydrogen-bond donors (Lipinski definition) is 2. The zero-order valence-electron chi connectivity index (χ0n) is 14.5. The van der Waals surface area contributed by atoms with Crippen LogP contribution in [0.25, 0.3) is 10.9 Å². The summed E-state index contributed by atoms with van der Waals surface area (Å²) in [7, 11) is 0. The number of rotatable bonds is 4. The van der Waals surface area contributed by atoms with Crippen LogP contribution < -0.4 is 10.7 Å². The van der Waals surface area contributed by atoms with Gasteiger partial charge in [-0.05, 0) is 49.9 Å². The van der Waals surface area contributed by atoms with E-state index < -0.39 is 0 Å². The van der Waals surface area contributed by atoms with E-state index in [9.17, 15) is 9.59 Å². The SMILES string of the molecule is O=C(NCc1ccc2c(=O)cc[nH]c2c1)C1CCCN1C1CCCC1. The van der Waals surface area contributed by atoms with Crippen molar-refractivity contribution in [2.24, 2.45) is 0 Å². The summed E-state index contributed by atoms with van der Waals surface area (Å²) in [6.07, 6.45) is 8.81. The van der Waals surface area contributed by atoms with Crippen LogP contribution in [0.5, 0.6) is 0 Å². The second kappa shape index (κ2) is 7.00. The predicted octanol–water partition coefficient (Wildman–Crippen LogP) is 2.55. The molecule has 1 atom stereocenters. The van der Waals surface area contributed by atoms with Gasteiger partial charge in [0.1, 0.15) is 0 Å². The molecule has 1 saturated carbocycles. The van der Waals surface area contributed by atoms with E-state index in [2.05, 4.69) is 15.2 Å². The van der Waals surface area contributed by atoms with Crippen molar-refractivity contribution in [2.45, 2.75) is 57.2 Å². The summed E-state index contributed by atoms with van der Waals surface area (Å²) in [6, 6.07) is 7.85. The highest BCUT2D eigenvalue weighted by atomic mass is 16.2. The van der Waals surface area contributed by atoms with E-state index in [1.165, 1.54) is 31.7 Å². The van der Waals surface area contributed by atoms with Gasteiger partial charge in [0.05, 0.1) is 6.04 Å². The molecule has 1 aromatic carbocycles. The molecule has 0 spiro atoms. The first-order valence-corrected chi connectivity index (χ1v) is 9.36. The first-order valence-electron chi connectivity index (χ1n) is 9.36. The highest BCUT2D eigenvalue weighted by Gasteiger charge is 2.36. The fourth-order valence-corrected chi connectivity index (χ4v) is 4.38. The van der Waals surface area contributed by atoms with Crippen molar-refractivity contribution in [3.63, 3.8) is 0 Å². The number of pyridine rings is 1. The average Bonchev–Trinajstić information content (AvgIpc) is 3.30. The lowest BCUT2D eigenvalue weighted by Gasteiger charge is -2.29. The first kappa shape index (κ1) is 16.3. The molecule has 0 bridgehead atoms. The Kier molecular flexibility index (Phi) is 4.57. The Labute approximate surface area is 147 Å². The molecule has 2 N–H and O–H groups in total. The third kappa shape index (κ3) is 3.33. The Morgan fingerprint density at radius 1 is 1.16 bits per heavy atom. The maximum Gasteiger partial charge on any atom is 0.237 e. The van der Waals surface area contributed by atoms with Crippen LogP contribution in [0.4, 0.5) is 0 Å². The van der Waals surface area contributed by atoms with Crippen LogP contribution in [0.1, 0.15) is 44.1 Å². The minimum atomic E-state index is 0.0162. The molecule has 1 aliphatic heterocycles. The van der Waals surface area contributed by atoms with Gasteiger partial charge in [-0.2, -0.15) is 0 Å². The number of carbonyl (C=O) groups excluding carboxylic acids is 1. The standard InChI is InChI=1S/C20H25N3O2/c24-19-9-10-21-17-12-14(7-8-16(17)19)13-22-20(25)18-6-3-11-23(18)15-4-1-2-5-15/h7-10,12,15,18H,1-6,11,13H2,(H,21,24)(H,22,25). The molecule has 132 valence electrons. The molecule has 1 amide bonds. The van der Waals surface area contributed by atoms with Crippen LogP contribution in [0.3, 0.4) is 0 Å². The average molecular weight is 339 g/mol. The highest BCUT2D eigenvalue weighted by molar-refractivity contribution is 5.82. The van der Waals surface area contributed by atoms with Crippen molar-refractivity contribution in [3.8, 4) is 0 Å². The van der Waals surface area contributed by atoms with E-state index in [4.69, 9.17) is 0 Å². The lowest BCUT2D eigenvalue weighted by molar-refractivity contribution is -0.126. The Balaban J connectivity index is 1.42. The number of nitrogens with zero attached hydrogens (tertiary/aromatic N) is 1. The molecule has 4 rings (SSSR count). The number of nitrogens with one attached hydrogen (secondary N) is 2. The van der Waals surface area contributed by atoms with Crippen molar-refractivity contribution >= 4 is 16.8 Å². The number of amides is 1. The van der Waals surface area contributed by atoms with Crippen LogP contribution in [0.2, 0.25) is 0 Å². The van der Waals surface area contributed by atoms with Crippen LogP contribution >= 0.6 is 0 Å². The van der Waals surface area contributed by atoms with Crippen LogP contribution in [0.15, 0.2) is 35.3 Å². The topological polar surface area (TPSA) is 65.2 Å². The molecule has 1 saturated heterocycles. The fourth-order valence-electron chi connectivity index (χ4n) is 4.38. The van der Waals surface area contributed by atoms with Gasteiger partial charge in [-0.1, -0.05) is 18.9 Å². The van der Waals surface area contributed by atoms with Crippen molar-refractivity contribution in [1.82, 2.24) is 15.2 Å². The fraction of sp³-hybridized carbons (Fsp3) is 0.500. The number of hydrogen-bond acceptors (Lipinski definition) is 3. The summed E-state index contributed by atoms with van der Waals surface area (Å²) < 4.78 is 0. The van der Waals surface area contributed by atoms with Gasteiger partial charge < -0.3 is 10.3 Å². The quantitative estimate of drug-likeness (QED) is 0.900. The molecule has 2 aromatic rings. The number of fused-ring (bicyclic) bond motifs is 1. The number of H-pyrrole nitrogens is 1. The van der Waals surface area contributed by atoms with Crippen LogP contribution in [0, 0.1) is 0 Å². The second-order valence-corrected chi connectivity index (χ2v) is 7.27.